The predicted molar refractivity (Wildman–Crippen MR) is 190 cm³/mol. The molecule has 3 fully saturated rings. The fraction of sp³-hybridized carbons (Fsp3) is 0.444. The number of fused-ring (bicyclic) bond motifs is 3. The van der Waals surface area contributed by atoms with E-state index in [0.717, 1.165) is 17.0 Å². The average molecular weight is 735 g/mol. The van der Waals surface area contributed by atoms with E-state index >= 15 is 0 Å². The predicted octanol–water partition coefficient (Wildman–Crippen LogP) is 1.80. The Labute approximate surface area is 301 Å². The lowest BCUT2D eigenvalue weighted by Gasteiger charge is -2.31. The van der Waals surface area contributed by atoms with Crippen LogP contribution in [0.1, 0.15) is 44.1 Å². The van der Waals surface area contributed by atoms with Crippen LogP contribution in [0.5, 0.6) is 5.88 Å². The Balaban J connectivity index is 1.34. The summed E-state index contributed by atoms with van der Waals surface area (Å²) in [5.74, 6) is -3.10. The Morgan fingerprint density at radius 3 is 2.69 bits per heavy atom. The molecule has 3 N–H and O–H groups in total. The standard InChI is InChI=1S/C36H42N6O9S/c1-4-24-19-36(24,34(46)40-52(48,49)26-12-13-26)39-31(44)29-18-25-20-42(29)33(45)28(21-41(3)30(43)5-2)38-35(47)50-16-8-6-7-9-22-10-11-23-14-15-37-32(51-25)27(23)17-22/h4-5,7,9-11,14-15,17,24-26,28-29H,1-2,6,8,12-13,16,18-21H2,3H3,(H,38,47)(H,39,44)(H,40,46)/t24-,25-,28+,29+,36-/m1/s1. The van der Waals surface area contributed by atoms with Gasteiger partial charge in [-0.1, -0.05) is 36.9 Å². The first-order chi connectivity index (χ1) is 24.8. The van der Waals surface area contributed by atoms with Crippen molar-refractivity contribution in [2.75, 3.05) is 26.7 Å². The van der Waals surface area contributed by atoms with Crippen molar-refractivity contribution in [2.24, 2.45) is 5.92 Å². The smallest absolute Gasteiger partial charge is 0.407 e. The SMILES string of the molecule is C=CC(=O)N(C)C[C@@H]1NC(=O)OCCCC=Cc2ccc3ccnc(c3c2)O[C@@H]2C[C@@H](C(=O)N[C@]3(C(=O)NS(=O)(=O)C4CC4)C[C@H]3C=C)N(C2)C1=O. The van der Waals surface area contributed by atoms with Crippen molar-refractivity contribution in [3.8, 4) is 5.88 Å². The number of allylic oxidation sites excluding steroid dienone is 1. The average Bonchev–Trinajstić information content (AvgIpc) is 4.05. The monoisotopic (exact) mass is 734 g/mol. The number of nitrogens with one attached hydrogen (secondary N) is 3. The van der Waals surface area contributed by atoms with Gasteiger partial charge in [0.15, 0.2) is 0 Å². The highest BCUT2D eigenvalue weighted by Crippen LogP contribution is 2.45. The lowest BCUT2D eigenvalue weighted by atomic mass is 10.1. The second-order valence-corrected chi connectivity index (χ2v) is 15.5. The highest BCUT2D eigenvalue weighted by Gasteiger charge is 2.62. The van der Waals surface area contributed by atoms with E-state index < -0.39 is 74.6 Å². The number of hydrogen-bond donors (Lipinski definition) is 3. The molecule has 2 aliphatic heterocycles. The number of likely N-dealkylation sites (N-methyl/N-ethyl adjacent to an activating group) is 1. The minimum Gasteiger partial charge on any atom is -0.472 e. The molecule has 4 bridgehead atoms. The molecule has 4 aliphatic rings. The van der Waals surface area contributed by atoms with Crippen molar-refractivity contribution in [2.45, 2.75) is 67.5 Å². The Hall–Kier alpha value is -5.25. The number of ether oxygens (including phenoxy) is 2. The Morgan fingerprint density at radius 2 is 1.98 bits per heavy atom. The molecule has 0 radical (unpaired) electrons. The maximum Gasteiger partial charge on any atom is 0.407 e. The molecule has 6 rings (SSSR count). The fourth-order valence-corrected chi connectivity index (χ4v) is 7.95. The number of aromatic nitrogens is 1. The topological polar surface area (TPSA) is 193 Å². The van der Waals surface area contributed by atoms with Crippen molar-refractivity contribution in [3.05, 3.63) is 67.4 Å². The summed E-state index contributed by atoms with van der Waals surface area (Å²) in [5.41, 5.74) is -0.708. The van der Waals surface area contributed by atoms with Crippen LogP contribution in [0.2, 0.25) is 0 Å². The first-order valence-corrected chi connectivity index (χ1v) is 18.7. The van der Waals surface area contributed by atoms with Crippen molar-refractivity contribution >= 4 is 56.6 Å². The highest BCUT2D eigenvalue weighted by atomic mass is 32.2. The van der Waals surface area contributed by atoms with Gasteiger partial charge < -0.3 is 29.9 Å². The Kier molecular flexibility index (Phi) is 10.4. The van der Waals surface area contributed by atoms with Crippen molar-refractivity contribution < 1.29 is 41.9 Å². The molecule has 16 heteroatoms. The minimum atomic E-state index is -3.93. The van der Waals surface area contributed by atoms with E-state index in [2.05, 4.69) is 33.5 Å². The van der Waals surface area contributed by atoms with Crippen LogP contribution in [0, 0.1) is 5.92 Å². The molecule has 0 unspecified atom stereocenters. The van der Waals surface area contributed by atoms with E-state index in [1.165, 1.54) is 22.9 Å². The van der Waals surface area contributed by atoms with Gasteiger partial charge in [-0.3, -0.25) is 23.9 Å². The molecular weight excluding hydrogens is 692 g/mol. The molecule has 1 saturated heterocycles. The molecule has 2 aromatic rings. The summed E-state index contributed by atoms with van der Waals surface area (Å²) in [6.07, 6.45) is 8.41. The summed E-state index contributed by atoms with van der Waals surface area (Å²) in [7, 11) is -2.49. The molecular formula is C36H42N6O9S. The van der Waals surface area contributed by atoms with E-state index in [0.29, 0.717) is 31.1 Å². The van der Waals surface area contributed by atoms with E-state index in [1.54, 1.807) is 6.20 Å². The number of carbonyl (C=O) groups excluding carboxylic acids is 5. The molecule has 2 aliphatic carbocycles. The maximum atomic E-state index is 14.4. The van der Waals surface area contributed by atoms with E-state index in [1.807, 2.05) is 36.4 Å². The van der Waals surface area contributed by atoms with Crippen LogP contribution in [0.3, 0.4) is 0 Å². The maximum absolute atomic E-state index is 14.4. The van der Waals surface area contributed by atoms with Gasteiger partial charge in [-0.25, -0.2) is 18.2 Å². The van der Waals surface area contributed by atoms with Gasteiger partial charge in [0.25, 0.3) is 5.91 Å². The van der Waals surface area contributed by atoms with Crippen LogP contribution in [-0.2, 0) is 33.9 Å². The van der Waals surface area contributed by atoms with Crippen LogP contribution in [0.25, 0.3) is 16.8 Å². The van der Waals surface area contributed by atoms with Gasteiger partial charge in [-0.2, -0.15) is 0 Å². The van der Waals surface area contributed by atoms with Crippen LogP contribution >= 0.6 is 0 Å². The summed E-state index contributed by atoms with van der Waals surface area (Å²) in [6, 6.07) is 5.06. The van der Waals surface area contributed by atoms with E-state index in [9.17, 15) is 32.4 Å². The van der Waals surface area contributed by atoms with Crippen molar-refractivity contribution in [3.63, 3.8) is 0 Å². The van der Waals surface area contributed by atoms with Gasteiger partial charge >= 0.3 is 6.09 Å². The first-order valence-electron chi connectivity index (χ1n) is 17.2. The third-order valence-electron chi connectivity index (χ3n) is 9.79. The van der Waals surface area contributed by atoms with Crippen LogP contribution < -0.4 is 20.1 Å². The molecule has 15 nitrogen and oxygen atoms in total. The number of alkyl carbamates (subject to hydrolysis) is 1. The summed E-state index contributed by atoms with van der Waals surface area (Å²) in [6.45, 7) is 6.88. The first kappa shape index (κ1) is 36.5. The number of carbonyl (C=O) groups is 5. The second kappa shape index (κ2) is 14.8. The van der Waals surface area contributed by atoms with Crippen LogP contribution in [-0.4, -0.2) is 109 Å². The summed E-state index contributed by atoms with van der Waals surface area (Å²) in [5, 5.41) is 6.21. The van der Waals surface area contributed by atoms with Crippen molar-refractivity contribution in [1.29, 1.82) is 0 Å². The van der Waals surface area contributed by atoms with Gasteiger partial charge in [-0.05, 0) is 61.3 Å². The third-order valence-corrected chi connectivity index (χ3v) is 11.6. The van der Waals surface area contributed by atoms with Gasteiger partial charge in [0.2, 0.25) is 33.6 Å². The number of benzene rings is 1. The third kappa shape index (κ3) is 7.81. The lowest BCUT2D eigenvalue weighted by Crippen LogP contribution is -2.59. The van der Waals surface area contributed by atoms with Gasteiger partial charge in [0.1, 0.15) is 23.7 Å². The molecule has 3 heterocycles. The Bertz CT molecular complexity index is 1950. The zero-order valence-corrected chi connectivity index (χ0v) is 29.6. The molecule has 52 heavy (non-hydrogen) atoms. The molecule has 5 amide bonds. The zero-order valence-electron chi connectivity index (χ0n) is 28.8. The van der Waals surface area contributed by atoms with E-state index in [4.69, 9.17) is 9.47 Å². The summed E-state index contributed by atoms with van der Waals surface area (Å²) >= 11 is 0. The number of hydrogen-bond acceptors (Lipinski definition) is 10. The number of cyclic esters (lactones) is 1. The van der Waals surface area contributed by atoms with E-state index in [-0.39, 0.29) is 38.4 Å². The van der Waals surface area contributed by atoms with Gasteiger partial charge in [0, 0.05) is 31.0 Å². The molecule has 2 saturated carbocycles. The minimum absolute atomic E-state index is 0.0370. The number of nitrogens with zero attached hydrogens (tertiary/aromatic N) is 3. The van der Waals surface area contributed by atoms with Gasteiger partial charge in [0.05, 0.1) is 24.9 Å². The molecule has 0 spiro atoms. The molecule has 1 aromatic carbocycles. The van der Waals surface area contributed by atoms with Crippen molar-refractivity contribution in [1.82, 2.24) is 30.1 Å². The number of amides is 5. The second-order valence-electron chi connectivity index (χ2n) is 13.6. The highest BCUT2D eigenvalue weighted by molar-refractivity contribution is 7.91. The van der Waals surface area contributed by atoms with Gasteiger partial charge in [-0.15, -0.1) is 6.58 Å². The number of rotatable bonds is 9. The molecule has 276 valence electrons. The Morgan fingerprint density at radius 1 is 1.19 bits per heavy atom. The molecule has 5 atom stereocenters. The normalized spacial score (nSPS) is 26.2. The summed E-state index contributed by atoms with van der Waals surface area (Å²) in [4.78, 5) is 74.4. The van der Waals surface area contributed by atoms with Crippen LogP contribution in [0.4, 0.5) is 4.79 Å². The zero-order chi connectivity index (χ0) is 37.2. The largest absolute Gasteiger partial charge is 0.472 e. The number of sulfonamides is 1. The quantitative estimate of drug-likeness (QED) is 0.253. The fourth-order valence-electron chi connectivity index (χ4n) is 6.58. The summed E-state index contributed by atoms with van der Waals surface area (Å²) < 4.78 is 39.2. The lowest BCUT2D eigenvalue weighted by molar-refractivity contribution is -0.141. The number of pyridine rings is 1. The molecule has 1 aromatic heterocycles. The van der Waals surface area contributed by atoms with Crippen LogP contribution in [0.15, 0.2) is 61.8 Å².